The summed E-state index contributed by atoms with van der Waals surface area (Å²) in [4.78, 5) is 35.2. The molecule has 6 heteroatoms. The van der Waals surface area contributed by atoms with Gasteiger partial charge in [0.25, 0.3) is 0 Å². The van der Waals surface area contributed by atoms with E-state index in [9.17, 15) is 14.4 Å². The van der Waals surface area contributed by atoms with Crippen molar-refractivity contribution in [3.05, 3.63) is 0 Å². The van der Waals surface area contributed by atoms with Crippen molar-refractivity contribution in [2.24, 2.45) is 0 Å². The summed E-state index contributed by atoms with van der Waals surface area (Å²) in [5.74, 6) is -1.77. The number of carbonyl (C=O) groups excluding carboxylic acids is 3. The molecule has 0 heterocycles. The summed E-state index contributed by atoms with van der Waals surface area (Å²) in [7, 11) is 0. The predicted molar refractivity (Wildman–Crippen MR) is 90.4 cm³/mol. The molecule has 0 fully saturated rings. The van der Waals surface area contributed by atoms with Crippen molar-refractivity contribution in [3.63, 3.8) is 0 Å². The molecule has 0 aromatic carbocycles. The largest absolute Gasteiger partial charge is 0.466 e. The summed E-state index contributed by atoms with van der Waals surface area (Å²) in [6.45, 7) is 5.86. The van der Waals surface area contributed by atoms with Gasteiger partial charge in [-0.15, -0.1) is 0 Å². The highest BCUT2D eigenvalue weighted by Gasteiger charge is 2.27. The van der Waals surface area contributed by atoms with Gasteiger partial charge in [0.1, 0.15) is 0 Å². The van der Waals surface area contributed by atoms with Gasteiger partial charge in [0.2, 0.25) is 6.10 Å². The van der Waals surface area contributed by atoms with Crippen LogP contribution in [0.4, 0.5) is 0 Å². The first-order chi connectivity index (χ1) is 11.5. The lowest BCUT2D eigenvalue weighted by atomic mass is 10.1. The Morgan fingerprint density at radius 2 is 1.33 bits per heavy atom. The molecule has 0 saturated heterocycles. The van der Waals surface area contributed by atoms with E-state index in [1.165, 1.54) is 25.7 Å². The van der Waals surface area contributed by atoms with Gasteiger partial charge in [-0.1, -0.05) is 45.4 Å². The van der Waals surface area contributed by atoms with Gasteiger partial charge in [0.05, 0.1) is 19.6 Å². The second kappa shape index (κ2) is 15.0. The highest BCUT2D eigenvalue weighted by atomic mass is 16.6. The van der Waals surface area contributed by atoms with Crippen molar-refractivity contribution in [2.75, 3.05) is 13.2 Å². The van der Waals surface area contributed by atoms with E-state index in [-0.39, 0.29) is 26.1 Å². The molecule has 24 heavy (non-hydrogen) atoms. The Kier molecular flexibility index (Phi) is 14.0. The van der Waals surface area contributed by atoms with Gasteiger partial charge in [-0.2, -0.15) is 0 Å². The Bertz CT molecular complexity index is 367. The second-order valence-corrected chi connectivity index (χ2v) is 5.61. The molecule has 0 unspecified atom stereocenters. The van der Waals surface area contributed by atoms with Crippen LogP contribution in [0.15, 0.2) is 0 Å². The maximum Gasteiger partial charge on any atom is 0.348 e. The van der Waals surface area contributed by atoms with E-state index >= 15 is 0 Å². The number of hydrogen-bond donors (Lipinski definition) is 0. The highest BCUT2D eigenvalue weighted by molar-refractivity contribution is 5.84. The van der Waals surface area contributed by atoms with Crippen molar-refractivity contribution in [1.29, 1.82) is 0 Å². The number of unbranched alkanes of at least 4 members (excludes halogenated alkanes) is 6. The Labute approximate surface area is 145 Å². The van der Waals surface area contributed by atoms with E-state index in [1.54, 1.807) is 13.8 Å². The van der Waals surface area contributed by atoms with E-state index in [1.807, 2.05) is 0 Å². The molecule has 0 rings (SSSR count). The molecular formula is C18H32O6. The van der Waals surface area contributed by atoms with Crippen LogP contribution >= 0.6 is 0 Å². The topological polar surface area (TPSA) is 78.9 Å². The van der Waals surface area contributed by atoms with Gasteiger partial charge >= 0.3 is 17.9 Å². The van der Waals surface area contributed by atoms with Crippen molar-refractivity contribution >= 4 is 17.9 Å². The summed E-state index contributed by atoms with van der Waals surface area (Å²) in [6.07, 6.45) is 6.35. The Hall–Kier alpha value is -1.59. The van der Waals surface area contributed by atoms with Crippen LogP contribution in [-0.2, 0) is 28.6 Å². The fourth-order valence-electron chi connectivity index (χ4n) is 2.22. The van der Waals surface area contributed by atoms with E-state index in [4.69, 9.17) is 14.2 Å². The Morgan fingerprint density at radius 1 is 0.750 bits per heavy atom. The zero-order valence-electron chi connectivity index (χ0n) is 15.3. The van der Waals surface area contributed by atoms with E-state index in [0.717, 1.165) is 19.3 Å². The molecule has 0 aromatic heterocycles. The number of rotatable bonds is 14. The van der Waals surface area contributed by atoms with Gasteiger partial charge in [0.15, 0.2) is 0 Å². The fraction of sp³-hybridized carbons (Fsp3) is 0.833. The van der Waals surface area contributed by atoms with Gasteiger partial charge in [-0.25, -0.2) is 4.79 Å². The summed E-state index contributed by atoms with van der Waals surface area (Å²) in [6, 6.07) is 0. The lowest BCUT2D eigenvalue weighted by Gasteiger charge is -2.15. The van der Waals surface area contributed by atoms with Crippen LogP contribution < -0.4 is 0 Å². The molecule has 0 amide bonds. The van der Waals surface area contributed by atoms with Gasteiger partial charge in [-0.3, -0.25) is 9.59 Å². The molecule has 0 aliphatic rings. The highest BCUT2D eigenvalue weighted by Crippen LogP contribution is 2.11. The standard InChI is InChI=1S/C18H32O6/c1-4-7-8-9-10-11-12-13-16(19)24-15(18(21)23-6-3)14-17(20)22-5-2/h15H,4-14H2,1-3H3/t15-/m0/s1. The van der Waals surface area contributed by atoms with Gasteiger partial charge in [-0.05, 0) is 20.3 Å². The third-order valence-corrected chi connectivity index (χ3v) is 3.47. The van der Waals surface area contributed by atoms with Crippen LogP contribution in [0.5, 0.6) is 0 Å². The van der Waals surface area contributed by atoms with Crippen LogP contribution in [-0.4, -0.2) is 37.2 Å². The minimum Gasteiger partial charge on any atom is -0.466 e. The number of ether oxygens (including phenoxy) is 3. The summed E-state index contributed by atoms with van der Waals surface area (Å²) < 4.78 is 14.7. The lowest BCUT2D eigenvalue weighted by Crippen LogP contribution is -2.32. The molecule has 6 nitrogen and oxygen atoms in total. The molecular weight excluding hydrogens is 312 g/mol. The quantitative estimate of drug-likeness (QED) is 0.272. The van der Waals surface area contributed by atoms with Crippen LogP contribution in [0.1, 0.15) is 78.6 Å². The zero-order valence-corrected chi connectivity index (χ0v) is 15.3. The van der Waals surface area contributed by atoms with Gasteiger partial charge < -0.3 is 14.2 Å². The Balaban J connectivity index is 4.14. The Morgan fingerprint density at radius 3 is 1.92 bits per heavy atom. The first kappa shape index (κ1) is 22.4. The molecule has 1 atom stereocenters. The van der Waals surface area contributed by atoms with E-state index < -0.39 is 24.0 Å². The molecule has 140 valence electrons. The second-order valence-electron chi connectivity index (χ2n) is 5.61. The van der Waals surface area contributed by atoms with Crippen LogP contribution in [0, 0.1) is 0 Å². The van der Waals surface area contributed by atoms with Crippen molar-refractivity contribution in [1.82, 2.24) is 0 Å². The molecule has 0 aromatic rings. The first-order valence-electron chi connectivity index (χ1n) is 9.06. The number of hydrogen-bond acceptors (Lipinski definition) is 6. The molecule has 0 N–H and O–H groups in total. The molecule has 0 aliphatic heterocycles. The maximum atomic E-state index is 11.9. The molecule has 0 saturated carbocycles. The maximum absolute atomic E-state index is 11.9. The number of carbonyl (C=O) groups is 3. The summed E-state index contributed by atoms with van der Waals surface area (Å²) in [5.41, 5.74) is 0. The average molecular weight is 344 g/mol. The van der Waals surface area contributed by atoms with Gasteiger partial charge in [0, 0.05) is 6.42 Å². The lowest BCUT2D eigenvalue weighted by molar-refractivity contribution is -0.171. The van der Waals surface area contributed by atoms with E-state index in [0.29, 0.717) is 0 Å². The monoisotopic (exact) mass is 344 g/mol. The van der Waals surface area contributed by atoms with Crippen molar-refractivity contribution in [2.45, 2.75) is 84.7 Å². The third-order valence-electron chi connectivity index (χ3n) is 3.47. The minimum absolute atomic E-state index is 0.160. The molecule has 0 aliphatic carbocycles. The van der Waals surface area contributed by atoms with Crippen molar-refractivity contribution in [3.8, 4) is 0 Å². The average Bonchev–Trinajstić information content (AvgIpc) is 2.54. The molecule has 0 radical (unpaired) electrons. The smallest absolute Gasteiger partial charge is 0.348 e. The van der Waals surface area contributed by atoms with E-state index in [2.05, 4.69) is 6.92 Å². The van der Waals surface area contributed by atoms with Crippen molar-refractivity contribution < 1.29 is 28.6 Å². The normalized spacial score (nSPS) is 11.6. The zero-order chi connectivity index (χ0) is 18.2. The number of esters is 3. The molecule has 0 bridgehead atoms. The van der Waals surface area contributed by atoms with Crippen LogP contribution in [0.3, 0.4) is 0 Å². The first-order valence-corrected chi connectivity index (χ1v) is 9.06. The van der Waals surface area contributed by atoms with Crippen LogP contribution in [0.2, 0.25) is 0 Å². The summed E-state index contributed by atoms with van der Waals surface area (Å²) >= 11 is 0. The summed E-state index contributed by atoms with van der Waals surface area (Å²) in [5, 5.41) is 0. The predicted octanol–water partition coefficient (Wildman–Crippen LogP) is 3.56. The third kappa shape index (κ3) is 11.9. The minimum atomic E-state index is -1.22. The SMILES string of the molecule is CCCCCCCCCC(=O)O[C@@H](CC(=O)OCC)C(=O)OCC. The molecule has 0 spiro atoms. The van der Waals surface area contributed by atoms with Crippen LogP contribution in [0.25, 0.3) is 0 Å². The fourth-order valence-corrected chi connectivity index (χ4v) is 2.22.